The van der Waals surface area contributed by atoms with Crippen LogP contribution in [0.2, 0.25) is 0 Å². The van der Waals surface area contributed by atoms with Gasteiger partial charge in [-0.2, -0.15) is 0 Å². The van der Waals surface area contributed by atoms with E-state index in [0.29, 0.717) is 0 Å². The number of carbonyl (C=O) groups is 1. The SMILES string of the molecule is CC(=O)N1CCc2cc(N3CCCC3)c(N)cc21. The van der Waals surface area contributed by atoms with Gasteiger partial charge < -0.3 is 15.5 Å². The van der Waals surface area contributed by atoms with Crippen molar-refractivity contribution in [3.63, 3.8) is 0 Å². The highest BCUT2D eigenvalue weighted by Gasteiger charge is 2.25. The standard InChI is InChI=1S/C14H19N3O/c1-10(18)17-7-4-11-8-14(12(15)9-13(11)17)16-5-2-3-6-16/h8-9H,2-7,15H2,1H3. The number of hydrogen-bond donors (Lipinski definition) is 1. The predicted molar refractivity (Wildman–Crippen MR) is 74.0 cm³/mol. The molecule has 0 spiro atoms. The van der Waals surface area contributed by atoms with E-state index < -0.39 is 0 Å². The third kappa shape index (κ3) is 1.72. The molecule has 96 valence electrons. The molecule has 1 fully saturated rings. The summed E-state index contributed by atoms with van der Waals surface area (Å²) in [5.74, 6) is 0.0991. The van der Waals surface area contributed by atoms with E-state index in [1.54, 1.807) is 6.92 Å². The molecule has 0 radical (unpaired) electrons. The molecule has 2 aliphatic rings. The minimum atomic E-state index is 0.0991. The minimum absolute atomic E-state index is 0.0991. The average molecular weight is 245 g/mol. The Morgan fingerprint density at radius 1 is 1.17 bits per heavy atom. The van der Waals surface area contributed by atoms with Crippen LogP contribution in [-0.4, -0.2) is 25.5 Å². The molecule has 2 aliphatic heterocycles. The average Bonchev–Trinajstić information content (AvgIpc) is 2.95. The van der Waals surface area contributed by atoms with Gasteiger partial charge in [-0.1, -0.05) is 0 Å². The Morgan fingerprint density at radius 2 is 1.89 bits per heavy atom. The second-order valence-corrected chi connectivity index (χ2v) is 5.15. The van der Waals surface area contributed by atoms with Gasteiger partial charge in [0.25, 0.3) is 0 Å². The van der Waals surface area contributed by atoms with Crippen molar-refractivity contribution in [2.24, 2.45) is 0 Å². The molecule has 0 saturated carbocycles. The maximum Gasteiger partial charge on any atom is 0.223 e. The van der Waals surface area contributed by atoms with Gasteiger partial charge in [0.05, 0.1) is 11.4 Å². The van der Waals surface area contributed by atoms with E-state index in [-0.39, 0.29) is 5.91 Å². The summed E-state index contributed by atoms with van der Waals surface area (Å²) in [6, 6.07) is 4.15. The summed E-state index contributed by atoms with van der Waals surface area (Å²) < 4.78 is 0. The van der Waals surface area contributed by atoms with Crippen LogP contribution in [0.4, 0.5) is 17.1 Å². The first-order valence-electron chi connectivity index (χ1n) is 6.62. The van der Waals surface area contributed by atoms with Crippen LogP contribution < -0.4 is 15.5 Å². The van der Waals surface area contributed by atoms with Crippen molar-refractivity contribution >= 4 is 23.0 Å². The summed E-state index contributed by atoms with van der Waals surface area (Å²) in [5.41, 5.74) is 10.4. The summed E-state index contributed by atoms with van der Waals surface area (Å²) >= 11 is 0. The van der Waals surface area contributed by atoms with Crippen LogP contribution in [0.5, 0.6) is 0 Å². The van der Waals surface area contributed by atoms with E-state index in [2.05, 4.69) is 11.0 Å². The summed E-state index contributed by atoms with van der Waals surface area (Å²) in [6.45, 7) is 4.59. The third-order valence-electron chi connectivity index (χ3n) is 3.95. The van der Waals surface area contributed by atoms with Gasteiger partial charge in [0.2, 0.25) is 5.91 Å². The molecule has 0 aliphatic carbocycles. The number of nitrogens with two attached hydrogens (primary N) is 1. The fourth-order valence-electron chi connectivity index (χ4n) is 3.00. The molecular formula is C14H19N3O. The van der Waals surface area contributed by atoms with E-state index in [0.717, 1.165) is 43.1 Å². The quantitative estimate of drug-likeness (QED) is 0.767. The van der Waals surface area contributed by atoms with Crippen molar-refractivity contribution in [2.75, 3.05) is 35.2 Å². The molecule has 0 aromatic heterocycles. The lowest BCUT2D eigenvalue weighted by Crippen LogP contribution is -2.26. The summed E-state index contributed by atoms with van der Waals surface area (Å²) in [5, 5.41) is 0. The first kappa shape index (κ1) is 11.4. The van der Waals surface area contributed by atoms with Crippen LogP contribution >= 0.6 is 0 Å². The molecule has 1 saturated heterocycles. The molecule has 2 N–H and O–H groups in total. The molecule has 18 heavy (non-hydrogen) atoms. The summed E-state index contributed by atoms with van der Waals surface area (Å²) in [7, 11) is 0. The lowest BCUT2D eigenvalue weighted by molar-refractivity contribution is -0.116. The molecule has 3 rings (SSSR count). The van der Waals surface area contributed by atoms with Crippen molar-refractivity contribution in [2.45, 2.75) is 26.2 Å². The topological polar surface area (TPSA) is 49.6 Å². The highest BCUT2D eigenvalue weighted by atomic mass is 16.2. The van der Waals surface area contributed by atoms with Crippen LogP contribution in [0, 0.1) is 0 Å². The second-order valence-electron chi connectivity index (χ2n) is 5.15. The Kier molecular flexibility index (Phi) is 2.65. The van der Waals surface area contributed by atoms with Crippen molar-refractivity contribution in [1.29, 1.82) is 0 Å². The fraction of sp³-hybridized carbons (Fsp3) is 0.500. The summed E-state index contributed by atoms with van der Waals surface area (Å²) in [6.07, 6.45) is 3.43. The first-order valence-corrected chi connectivity index (χ1v) is 6.62. The third-order valence-corrected chi connectivity index (χ3v) is 3.95. The maximum atomic E-state index is 11.5. The number of benzene rings is 1. The highest BCUT2D eigenvalue weighted by molar-refractivity contribution is 5.95. The molecule has 4 heteroatoms. The van der Waals surface area contributed by atoms with E-state index in [1.807, 2.05) is 11.0 Å². The Balaban J connectivity index is 1.99. The highest BCUT2D eigenvalue weighted by Crippen LogP contribution is 2.37. The number of anilines is 3. The van der Waals surface area contributed by atoms with Crippen LogP contribution in [0.3, 0.4) is 0 Å². The van der Waals surface area contributed by atoms with Gasteiger partial charge >= 0.3 is 0 Å². The van der Waals surface area contributed by atoms with Gasteiger partial charge in [-0.3, -0.25) is 4.79 Å². The zero-order valence-corrected chi connectivity index (χ0v) is 10.8. The van der Waals surface area contributed by atoms with Crippen LogP contribution in [0.15, 0.2) is 12.1 Å². The number of nitrogen functional groups attached to an aromatic ring is 1. The first-order chi connectivity index (χ1) is 8.66. The largest absolute Gasteiger partial charge is 0.397 e. The minimum Gasteiger partial charge on any atom is -0.397 e. The number of amides is 1. The van der Waals surface area contributed by atoms with Crippen LogP contribution in [0.1, 0.15) is 25.3 Å². The molecule has 4 nitrogen and oxygen atoms in total. The van der Waals surface area contributed by atoms with Crippen molar-refractivity contribution in [3.8, 4) is 0 Å². The van der Waals surface area contributed by atoms with Gasteiger partial charge in [0.1, 0.15) is 0 Å². The van der Waals surface area contributed by atoms with Crippen LogP contribution in [0.25, 0.3) is 0 Å². The maximum absolute atomic E-state index is 11.5. The van der Waals surface area contributed by atoms with Crippen LogP contribution in [-0.2, 0) is 11.2 Å². The zero-order chi connectivity index (χ0) is 12.7. The molecule has 1 amide bonds. The number of rotatable bonds is 1. The Hall–Kier alpha value is -1.71. The molecule has 1 aromatic carbocycles. The van der Waals surface area contributed by atoms with Crippen molar-refractivity contribution in [1.82, 2.24) is 0 Å². The van der Waals surface area contributed by atoms with Crippen molar-refractivity contribution < 1.29 is 4.79 Å². The Morgan fingerprint density at radius 3 is 2.56 bits per heavy atom. The lowest BCUT2D eigenvalue weighted by atomic mass is 10.1. The lowest BCUT2D eigenvalue weighted by Gasteiger charge is -2.22. The van der Waals surface area contributed by atoms with Gasteiger partial charge in [0, 0.05) is 32.2 Å². The summed E-state index contributed by atoms with van der Waals surface area (Å²) in [4.78, 5) is 15.7. The normalized spacial score (nSPS) is 18.3. The molecule has 0 bridgehead atoms. The van der Waals surface area contributed by atoms with E-state index in [9.17, 15) is 4.79 Å². The fourth-order valence-corrected chi connectivity index (χ4v) is 3.00. The zero-order valence-electron chi connectivity index (χ0n) is 10.8. The van der Waals surface area contributed by atoms with Gasteiger partial charge in [0.15, 0.2) is 0 Å². The molecule has 0 unspecified atom stereocenters. The number of hydrogen-bond acceptors (Lipinski definition) is 3. The Bertz CT molecular complexity index is 492. The Labute approximate surface area is 107 Å². The van der Waals surface area contributed by atoms with Gasteiger partial charge in [-0.05, 0) is 37.0 Å². The number of carbonyl (C=O) groups excluding carboxylic acids is 1. The van der Waals surface area contributed by atoms with E-state index in [4.69, 9.17) is 5.73 Å². The number of nitrogens with zero attached hydrogens (tertiary/aromatic N) is 2. The molecular weight excluding hydrogens is 226 g/mol. The van der Waals surface area contributed by atoms with Crippen molar-refractivity contribution in [3.05, 3.63) is 17.7 Å². The molecule has 0 atom stereocenters. The molecule has 1 aromatic rings. The number of fused-ring (bicyclic) bond motifs is 1. The van der Waals surface area contributed by atoms with E-state index >= 15 is 0 Å². The molecule has 2 heterocycles. The second kappa shape index (κ2) is 4.19. The predicted octanol–water partition coefficient (Wildman–Crippen LogP) is 1.78. The van der Waals surface area contributed by atoms with E-state index in [1.165, 1.54) is 18.4 Å². The monoisotopic (exact) mass is 245 g/mol. The smallest absolute Gasteiger partial charge is 0.223 e. The van der Waals surface area contributed by atoms with Gasteiger partial charge in [-0.15, -0.1) is 0 Å². The van der Waals surface area contributed by atoms with Gasteiger partial charge in [-0.25, -0.2) is 0 Å².